The van der Waals surface area contributed by atoms with Crippen LogP contribution in [0.2, 0.25) is 0 Å². The standard InChI is InChI=1S/CH2N3O/c1-2-4-5-3-1/h1,4H. The van der Waals surface area contributed by atoms with Crippen LogP contribution in [0.15, 0.2) is 5.16 Å². The molecule has 0 aliphatic carbocycles. The Bertz CT molecular complexity index is 44.9. The van der Waals surface area contributed by atoms with Crippen molar-refractivity contribution < 1.29 is 4.94 Å². The fraction of sp³-hybridized carbons (Fsp3) is 0. The summed E-state index contributed by atoms with van der Waals surface area (Å²) in [5.41, 5.74) is 5.44. The fourth-order valence-corrected chi connectivity index (χ4v) is 0.118. The molecule has 1 aliphatic heterocycles. The second kappa shape index (κ2) is 0.898. The second-order valence-corrected chi connectivity index (χ2v) is 0.533. The molecular formula is CH2N3O. The van der Waals surface area contributed by atoms with Crippen molar-refractivity contribution in [1.29, 1.82) is 0 Å². The molecule has 4 nitrogen and oxygen atoms in total. The largest absolute Gasteiger partial charge is 0.276 e. The van der Waals surface area contributed by atoms with Gasteiger partial charge in [0.05, 0.1) is 0 Å². The van der Waals surface area contributed by atoms with E-state index in [1.165, 1.54) is 6.34 Å². The predicted molar refractivity (Wildman–Crippen MR) is 14.8 cm³/mol. The molecule has 0 bridgehead atoms. The quantitative estimate of drug-likeness (QED) is 0.398. The molecule has 0 aromatic heterocycles. The number of nitrogens with zero attached hydrogens (tertiary/aromatic N) is 2. The van der Waals surface area contributed by atoms with E-state index in [9.17, 15) is 0 Å². The first-order valence-electron chi connectivity index (χ1n) is 1.13. The molecule has 1 aliphatic rings. The van der Waals surface area contributed by atoms with Gasteiger partial charge in [0, 0.05) is 0 Å². The number of nitrogens with one attached hydrogen (secondary N) is 1. The van der Waals surface area contributed by atoms with Crippen LogP contribution >= 0.6 is 0 Å². The molecule has 0 fully saturated rings. The monoisotopic (exact) mass is 72.0 g/mol. The summed E-state index contributed by atoms with van der Waals surface area (Å²) >= 11 is 0. The van der Waals surface area contributed by atoms with Crippen LogP contribution < -0.4 is 11.0 Å². The average Bonchev–Trinajstić information content (AvgIpc) is 1.76. The summed E-state index contributed by atoms with van der Waals surface area (Å²) in [6.45, 7) is 0. The van der Waals surface area contributed by atoms with Crippen LogP contribution in [-0.4, -0.2) is 6.34 Å². The van der Waals surface area contributed by atoms with Gasteiger partial charge in [-0.2, -0.15) is 0 Å². The maximum atomic E-state index is 4.10. The molecule has 0 amide bonds. The van der Waals surface area contributed by atoms with Crippen LogP contribution in [0, 0.1) is 0 Å². The Labute approximate surface area is 28.7 Å². The maximum absolute atomic E-state index is 4.10. The minimum absolute atomic E-state index is 1.28. The number of rotatable bonds is 0. The van der Waals surface area contributed by atoms with Gasteiger partial charge in [-0.15, -0.1) is 5.43 Å². The smallest absolute Gasteiger partial charge is 0.175 e. The van der Waals surface area contributed by atoms with E-state index in [2.05, 4.69) is 21.1 Å². The van der Waals surface area contributed by atoms with Crippen LogP contribution in [0.3, 0.4) is 0 Å². The van der Waals surface area contributed by atoms with Crippen molar-refractivity contribution in [3.8, 4) is 0 Å². The van der Waals surface area contributed by atoms with Crippen molar-refractivity contribution in [2.45, 2.75) is 0 Å². The van der Waals surface area contributed by atoms with E-state index in [-0.39, 0.29) is 0 Å². The Hall–Kier alpha value is -0.770. The zero-order chi connectivity index (χ0) is 3.54. The van der Waals surface area contributed by atoms with Crippen molar-refractivity contribution >= 4 is 6.34 Å². The lowest BCUT2D eigenvalue weighted by Crippen LogP contribution is -2.12. The summed E-state index contributed by atoms with van der Waals surface area (Å²) in [4.78, 5) is 4.10. The van der Waals surface area contributed by atoms with E-state index < -0.39 is 0 Å². The van der Waals surface area contributed by atoms with Gasteiger partial charge in [-0.25, -0.2) is 0 Å². The lowest BCUT2D eigenvalue weighted by atomic mass is 11.4. The Morgan fingerprint density at radius 3 is 3.00 bits per heavy atom. The van der Waals surface area contributed by atoms with Crippen LogP contribution in [0.4, 0.5) is 0 Å². The van der Waals surface area contributed by atoms with Gasteiger partial charge in [0.15, 0.2) is 6.34 Å². The molecular weight excluding hydrogens is 70.0 g/mol. The molecule has 0 aromatic rings. The van der Waals surface area contributed by atoms with E-state index >= 15 is 0 Å². The van der Waals surface area contributed by atoms with Gasteiger partial charge in [0.2, 0.25) is 0 Å². The number of oxime groups is 1. The minimum atomic E-state index is 1.28. The molecule has 0 spiro atoms. The summed E-state index contributed by atoms with van der Waals surface area (Å²) < 4.78 is 0. The first-order chi connectivity index (χ1) is 2.50. The maximum Gasteiger partial charge on any atom is 0.175 e. The summed E-state index contributed by atoms with van der Waals surface area (Å²) in [7, 11) is 0. The van der Waals surface area contributed by atoms with E-state index in [4.69, 9.17) is 0 Å². The van der Waals surface area contributed by atoms with Gasteiger partial charge in [0.1, 0.15) is 0 Å². The third-order valence-electron chi connectivity index (χ3n) is 0.251. The zero-order valence-corrected chi connectivity index (χ0v) is 2.38. The highest BCUT2D eigenvalue weighted by atomic mass is 16.8. The highest BCUT2D eigenvalue weighted by Gasteiger charge is 1.83. The number of hydrogen-bond acceptors (Lipinski definition) is 3. The molecule has 0 unspecified atom stereocenters. The van der Waals surface area contributed by atoms with E-state index in [1.54, 1.807) is 0 Å². The molecule has 1 heterocycles. The Morgan fingerprint density at radius 1 is 1.80 bits per heavy atom. The van der Waals surface area contributed by atoms with E-state index in [0.29, 0.717) is 0 Å². The summed E-state index contributed by atoms with van der Waals surface area (Å²) in [5.74, 6) is 0. The zero-order valence-electron chi connectivity index (χ0n) is 2.38. The predicted octanol–water partition coefficient (Wildman–Crippen LogP) is -1.02. The molecule has 1 radical (unpaired) electrons. The highest BCUT2D eigenvalue weighted by molar-refractivity contribution is 5.52. The van der Waals surface area contributed by atoms with Gasteiger partial charge in [-0.1, -0.05) is 0 Å². The summed E-state index contributed by atoms with van der Waals surface area (Å²) in [6.07, 6.45) is 1.28. The lowest BCUT2D eigenvalue weighted by molar-refractivity contribution is 0.0541. The van der Waals surface area contributed by atoms with Gasteiger partial charge in [0.25, 0.3) is 0 Å². The molecule has 0 aromatic carbocycles. The van der Waals surface area contributed by atoms with Gasteiger partial charge < -0.3 is 0 Å². The fourth-order valence-electron chi connectivity index (χ4n) is 0.118. The summed E-state index contributed by atoms with van der Waals surface area (Å²) in [6, 6.07) is 0. The molecule has 0 atom stereocenters. The van der Waals surface area contributed by atoms with Gasteiger partial charge >= 0.3 is 0 Å². The van der Waals surface area contributed by atoms with E-state index in [1.807, 2.05) is 0 Å². The van der Waals surface area contributed by atoms with Crippen molar-refractivity contribution in [2.24, 2.45) is 5.16 Å². The van der Waals surface area contributed by atoms with Crippen LogP contribution in [-0.2, 0) is 4.94 Å². The van der Waals surface area contributed by atoms with Crippen LogP contribution in [0.25, 0.3) is 0 Å². The topological polar surface area (TPSA) is 47.7 Å². The molecule has 0 saturated carbocycles. The van der Waals surface area contributed by atoms with Gasteiger partial charge in [-0.05, 0) is 10.7 Å². The highest BCUT2D eigenvalue weighted by Crippen LogP contribution is 1.66. The molecule has 5 heavy (non-hydrogen) atoms. The minimum Gasteiger partial charge on any atom is -0.276 e. The summed E-state index contributed by atoms with van der Waals surface area (Å²) in [5, 5.41) is 3.18. The normalized spacial score (nSPS) is 17.6. The molecule has 4 heteroatoms. The van der Waals surface area contributed by atoms with Gasteiger partial charge in [-0.3, -0.25) is 4.94 Å². The SMILES string of the molecule is C1=NON[N]1. The lowest BCUT2D eigenvalue weighted by Gasteiger charge is -1.77. The Balaban J connectivity index is 2.32. The van der Waals surface area contributed by atoms with Crippen molar-refractivity contribution in [1.82, 2.24) is 11.0 Å². The van der Waals surface area contributed by atoms with Crippen molar-refractivity contribution in [3.63, 3.8) is 0 Å². The second-order valence-electron chi connectivity index (χ2n) is 0.533. The van der Waals surface area contributed by atoms with Crippen molar-refractivity contribution in [3.05, 3.63) is 0 Å². The van der Waals surface area contributed by atoms with E-state index in [0.717, 1.165) is 0 Å². The van der Waals surface area contributed by atoms with Crippen LogP contribution in [0.5, 0.6) is 0 Å². The molecule has 27 valence electrons. The molecule has 1 rings (SSSR count). The number of hydrogen-bond donors (Lipinski definition) is 1. The van der Waals surface area contributed by atoms with Crippen molar-refractivity contribution in [2.75, 3.05) is 0 Å². The molecule has 1 N–H and O–H groups in total. The Kier molecular flexibility index (Phi) is 0.443. The first kappa shape index (κ1) is 2.47. The van der Waals surface area contributed by atoms with Crippen LogP contribution in [0.1, 0.15) is 0 Å². The average molecular weight is 72.0 g/mol. The third-order valence-corrected chi connectivity index (χ3v) is 0.251. The Morgan fingerprint density at radius 2 is 2.80 bits per heavy atom. The first-order valence-corrected chi connectivity index (χ1v) is 1.13. The third kappa shape index (κ3) is 0.273. The molecule has 0 saturated heterocycles.